The predicted octanol–water partition coefficient (Wildman–Crippen LogP) is 5.61. The molecule has 0 spiro atoms. The second kappa shape index (κ2) is 12.2. The number of benzene rings is 1. The van der Waals surface area contributed by atoms with Gasteiger partial charge in [-0.2, -0.15) is 9.49 Å². The molecular weight excluding hydrogens is 613 g/mol. The van der Waals surface area contributed by atoms with Crippen LogP contribution in [0.25, 0.3) is 11.4 Å². The van der Waals surface area contributed by atoms with E-state index >= 15 is 0 Å². The molecule has 1 N–H and O–H groups in total. The van der Waals surface area contributed by atoms with E-state index in [0.717, 1.165) is 11.6 Å². The lowest BCUT2D eigenvalue weighted by atomic mass is 10.0. The predicted molar refractivity (Wildman–Crippen MR) is 132 cm³/mol. The van der Waals surface area contributed by atoms with Gasteiger partial charge >= 0.3 is 5.82 Å². The third-order valence-electron chi connectivity index (χ3n) is 4.86. The largest absolute Gasteiger partial charge is 0.399 e. The molecule has 0 fully saturated rings. The minimum absolute atomic E-state index is 0.182. The molecule has 0 aliphatic carbocycles. The molecule has 0 saturated heterocycles. The third kappa shape index (κ3) is 6.56. The SMILES string of the molecule is CC(O)c1cc(F)ccc1-c1nccn1Cc1cnn(CCF)c1Br.O=[N+]([O-])c1ncc(Br)cc1F. The van der Waals surface area contributed by atoms with Crippen LogP contribution in [0.2, 0.25) is 0 Å². The first-order valence-corrected chi connectivity index (χ1v) is 11.9. The summed E-state index contributed by atoms with van der Waals surface area (Å²) in [6, 6.07) is 5.26. The van der Waals surface area contributed by atoms with Gasteiger partial charge in [-0.1, -0.05) is 0 Å². The highest BCUT2D eigenvalue weighted by molar-refractivity contribution is 9.10. The van der Waals surface area contributed by atoms with Crippen molar-refractivity contribution in [2.45, 2.75) is 26.1 Å². The number of nitro groups is 1. The average molecular weight is 632 g/mol. The normalized spacial score (nSPS) is 11.6. The number of imidazole rings is 1. The van der Waals surface area contributed by atoms with E-state index in [9.17, 15) is 28.4 Å². The van der Waals surface area contributed by atoms with E-state index in [4.69, 9.17) is 0 Å². The highest BCUT2D eigenvalue weighted by Crippen LogP contribution is 2.29. The summed E-state index contributed by atoms with van der Waals surface area (Å²) < 4.78 is 43.1. The van der Waals surface area contributed by atoms with Crippen LogP contribution in [0.3, 0.4) is 0 Å². The number of aromatic nitrogens is 5. The van der Waals surface area contributed by atoms with Crippen LogP contribution in [0.15, 0.2) is 58.1 Å². The standard InChI is InChI=1S/C17H17BrF2N4O.C5H2BrFN2O2/c1-11(25)15-8-13(20)2-3-14(15)17-21-5-7-23(17)10-12-9-22-24(6-4-19)16(12)18;6-3-1-4(7)5(8-2-3)9(10)11/h2-3,5,7-9,11,25H,4,6,10H2,1H3;1-2H. The minimum Gasteiger partial charge on any atom is -0.389 e. The Morgan fingerprint density at radius 3 is 2.58 bits per heavy atom. The molecular formula is C22H19Br2F3N6O3. The van der Waals surface area contributed by atoms with E-state index in [2.05, 4.69) is 46.9 Å². The van der Waals surface area contributed by atoms with Gasteiger partial charge in [0.2, 0.25) is 5.82 Å². The van der Waals surface area contributed by atoms with Crippen molar-refractivity contribution in [3.8, 4) is 11.4 Å². The van der Waals surface area contributed by atoms with Crippen molar-refractivity contribution in [2.75, 3.05) is 6.67 Å². The van der Waals surface area contributed by atoms with Gasteiger partial charge in [-0.25, -0.2) is 13.8 Å². The molecule has 1 unspecified atom stereocenters. The number of pyridine rings is 1. The third-order valence-corrected chi connectivity index (χ3v) is 6.22. The Bertz CT molecular complexity index is 1360. The molecule has 0 radical (unpaired) electrons. The number of aliphatic hydroxyl groups excluding tert-OH is 1. The summed E-state index contributed by atoms with van der Waals surface area (Å²) in [5.41, 5.74) is 2.00. The summed E-state index contributed by atoms with van der Waals surface area (Å²) in [7, 11) is 0. The Morgan fingerprint density at radius 2 is 1.94 bits per heavy atom. The fourth-order valence-electron chi connectivity index (χ4n) is 3.24. The highest BCUT2D eigenvalue weighted by atomic mass is 79.9. The molecule has 0 aliphatic rings. The molecule has 1 atom stereocenters. The molecule has 1 aromatic carbocycles. The maximum absolute atomic E-state index is 13.5. The molecule has 3 heterocycles. The van der Waals surface area contributed by atoms with Crippen molar-refractivity contribution >= 4 is 37.7 Å². The van der Waals surface area contributed by atoms with E-state index in [1.165, 1.54) is 18.3 Å². The first kappa shape index (κ1) is 27.5. The Kier molecular flexibility index (Phi) is 9.34. The van der Waals surface area contributed by atoms with E-state index in [1.54, 1.807) is 36.3 Å². The Morgan fingerprint density at radius 1 is 1.19 bits per heavy atom. The first-order valence-electron chi connectivity index (χ1n) is 10.3. The number of aryl methyl sites for hydroxylation is 1. The Balaban J connectivity index is 0.000000275. The Hall–Kier alpha value is -3.10. The number of rotatable bonds is 7. The summed E-state index contributed by atoms with van der Waals surface area (Å²) >= 11 is 6.36. The molecule has 3 aromatic heterocycles. The van der Waals surface area contributed by atoms with Gasteiger partial charge in [-0.15, -0.1) is 0 Å². The number of hydrogen-bond acceptors (Lipinski definition) is 6. The van der Waals surface area contributed by atoms with Crippen molar-refractivity contribution in [2.24, 2.45) is 0 Å². The summed E-state index contributed by atoms with van der Waals surface area (Å²) in [6.07, 6.45) is 5.45. The lowest BCUT2D eigenvalue weighted by Crippen LogP contribution is -2.05. The van der Waals surface area contributed by atoms with Crippen molar-refractivity contribution in [1.82, 2.24) is 24.3 Å². The van der Waals surface area contributed by atoms with Gasteiger partial charge in [0.15, 0.2) is 6.20 Å². The highest BCUT2D eigenvalue weighted by Gasteiger charge is 2.17. The van der Waals surface area contributed by atoms with Crippen LogP contribution in [0.1, 0.15) is 24.2 Å². The molecule has 0 bridgehead atoms. The monoisotopic (exact) mass is 630 g/mol. The second-order valence-corrected chi connectivity index (χ2v) is 9.04. The van der Waals surface area contributed by atoms with Crippen LogP contribution in [0.4, 0.5) is 19.0 Å². The van der Waals surface area contributed by atoms with Gasteiger partial charge in [0.1, 0.15) is 22.9 Å². The molecule has 190 valence electrons. The van der Waals surface area contributed by atoms with Crippen LogP contribution in [-0.4, -0.2) is 41.0 Å². The van der Waals surface area contributed by atoms with Crippen LogP contribution in [0, 0.1) is 21.7 Å². The van der Waals surface area contributed by atoms with Gasteiger partial charge in [0, 0.05) is 29.6 Å². The molecule has 4 rings (SSSR count). The summed E-state index contributed by atoms with van der Waals surface area (Å²) in [6.45, 7) is 1.73. The number of hydrogen-bond donors (Lipinski definition) is 1. The van der Waals surface area contributed by atoms with E-state index in [-0.39, 0.29) is 6.54 Å². The van der Waals surface area contributed by atoms with Gasteiger partial charge < -0.3 is 19.8 Å². The summed E-state index contributed by atoms with van der Waals surface area (Å²) in [5, 5.41) is 24.1. The van der Waals surface area contributed by atoms with Crippen molar-refractivity contribution in [3.63, 3.8) is 0 Å². The summed E-state index contributed by atoms with van der Waals surface area (Å²) in [4.78, 5) is 16.8. The second-order valence-electron chi connectivity index (χ2n) is 7.38. The fraction of sp³-hybridized carbons (Fsp3) is 0.227. The number of aliphatic hydroxyl groups is 1. The Labute approximate surface area is 220 Å². The number of halogens is 5. The van der Waals surface area contributed by atoms with Gasteiger partial charge in [0.25, 0.3) is 0 Å². The first-order chi connectivity index (χ1) is 17.1. The molecule has 36 heavy (non-hydrogen) atoms. The quantitative estimate of drug-likeness (QED) is 0.210. The van der Waals surface area contributed by atoms with Crippen LogP contribution in [0.5, 0.6) is 0 Å². The molecule has 9 nitrogen and oxygen atoms in total. The van der Waals surface area contributed by atoms with Crippen LogP contribution in [-0.2, 0) is 13.1 Å². The summed E-state index contributed by atoms with van der Waals surface area (Å²) in [5.74, 6) is -1.49. The molecule has 14 heteroatoms. The van der Waals surface area contributed by atoms with Gasteiger partial charge in [-0.3, -0.25) is 4.68 Å². The van der Waals surface area contributed by atoms with Gasteiger partial charge in [-0.05, 0) is 72.5 Å². The van der Waals surface area contributed by atoms with Crippen LogP contribution >= 0.6 is 31.9 Å². The average Bonchev–Trinajstić information content (AvgIpc) is 3.41. The molecule has 4 aromatic rings. The maximum atomic E-state index is 13.5. The number of alkyl halides is 1. The smallest absolute Gasteiger partial charge is 0.389 e. The zero-order chi connectivity index (χ0) is 26.4. The van der Waals surface area contributed by atoms with Crippen molar-refractivity contribution in [3.05, 3.63) is 91.0 Å². The number of nitrogens with zero attached hydrogens (tertiary/aromatic N) is 6. The lowest BCUT2D eigenvalue weighted by molar-refractivity contribution is -0.392. The molecule has 0 amide bonds. The van der Waals surface area contributed by atoms with Crippen LogP contribution < -0.4 is 0 Å². The van der Waals surface area contributed by atoms with Crippen molar-refractivity contribution in [1.29, 1.82) is 0 Å². The minimum atomic E-state index is -0.940. The zero-order valence-electron chi connectivity index (χ0n) is 18.7. The molecule has 0 aliphatic heterocycles. The van der Waals surface area contributed by atoms with E-state index in [0.29, 0.717) is 32.6 Å². The fourth-order valence-corrected chi connectivity index (χ4v) is 4.04. The lowest BCUT2D eigenvalue weighted by Gasteiger charge is -2.14. The van der Waals surface area contributed by atoms with Crippen molar-refractivity contribution < 1.29 is 23.2 Å². The topological polar surface area (TPSA) is 112 Å². The van der Waals surface area contributed by atoms with E-state index < -0.39 is 35.2 Å². The maximum Gasteiger partial charge on any atom is 0.399 e. The molecule has 0 saturated carbocycles. The zero-order valence-corrected chi connectivity index (χ0v) is 21.8. The van der Waals surface area contributed by atoms with Gasteiger partial charge in [0.05, 0.1) is 29.9 Å². The van der Waals surface area contributed by atoms with E-state index in [1.807, 2.05) is 4.57 Å².